The Morgan fingerprint density at radius 2 is 1.67 bits per heavy atom. The standard InChI is InChI=1S/C12H6F2N2O5/c13-7-4-5-10(9(6-7)15(17)18)21-11-3-1-2-8(14)12(11)16(19)20/h1-6H. The molecule has 0 fully saturated rings. The summed E-state index contributed by atoms with van der Waals surface area (Å²) >= 11 is 0. The Bertz CT molecular complexity index is 736. The minimum Gasteiger partial charge on any atom is -0.443 e. The first kappa shape index (κ1) is 14.3. The average molecular weight is 296 g/mol. The number of ether oxygens (including phenoxy) is 1. The summed E-state index contributed by atoms with van der Waals surface area (Å²) in [6, 6.07) is 5.49. The smallest absolute Gasteiger partial charge is 0.346 e. The van der Waals surface area contributed by atoms with Gasteiger partial charge in [0, 0.05) is 0 Å². The van der Waals surface area contributed by atoms with Crippen molar-refractivity contribution in [2.45, 2.75) is 0 Å². The third-order valence-corrected chi connectivity index (χ3v) is 2.47. The first-order valence-corrected chi connectivity index (χ1v) is 5.45. The van der Waals surface area contributed by atoms with Gasteiger partial charge in [0.05, 0.1) is 15.9 Å². The molecule has 0 N–H and O–H groups in total. The van der Waals surface area contributed by atoms with Crippen LogP contribution >= 0.6 is 0 Å². The van der Waals surface area contributed by atoms with E-state index in [0.29, 0.717) is 6.07 Å². The van der Waals surface area contributed by atoms with Gasteiger partial charge in [-0.05, 0) is 24.3 Å². The summed E-state index contributed by atoms with van der Waals surface area (Å²) in [6.45, 7) is 0. The Morgan fingerprint density at radius 1 is 0.952 bits per heavy atom. The van der Waals surface area contributed by atoms with Crippen LogP contribution in [0.3, 0.4) is 0 Å². The molecule has 21 heavy (non-hydrogen) atoms. The molecule has 9 heteroatoms. The first-order valence-electron chi connectivity index (χ1n) is 5.45. The molecular formula is C12H6F2N2O5. The molecular weight excluding hydrogens is 290 g/mol. The summed E-state index contributed by atoms with van der Waals surface area (Å²) in [5.74, 6) is -2.98. The number of hydrogen-bond acceptors (Lipinski definition) is 5. The van der Waals surface area contributed by atoms with Gasteiger partial charge in [0.2, 0.25) is 17.3 Å². The molecule has 2 rings (SSSR count). The molecule has 7 nitrogen and oxygen atoms in total. The molecule has 0 aliphatic heterocycles. The fourth-order valence-corrected chi connectivity index (χ4v) is 1.59. The zero-order valence-electron chi connectivity index (χ0n) is 10.2. The average Bonchev–Trinajstić information content (AvgIpc) is 2.40. The minimum absolute atomic E-state index is 0.435. The molecule has 0 unspecified atom stereocenters. The van der Waals surface area contributed by atoms with Gasteiger partial charge in [0.15, 0.2) is 0 Å². The minimum atomic E-state index is -1.15. The van der Waals surface area contributed by atoms with Crippen LogP contribution in [0.2, 0.25) is 0 Å². The predicted octanol–water partition coefficient (Wildman–Crippen LogP) is 3.57. The second-order valence-corrected chi connectivity index (χ2v) is 3.81. The predicted molar refractivity (Wildman–Crippen MR) is 66.2 cm³/mol. The van der Waals surface area contributed by atoms with E-state index in [4.69, 9.17) is 4.74 Å². The molecule has 0 spiro atoms. The van der Waals surface area contributed by atoms with Gasteiger partial charge < -0.3 is 4.74 Å². The molecule has 0 aliphatic rings. The van der Waals surface area contributed by atoms with Crippen LogP contribution in [0.25, 0.3) is 0 Å². The highest BCUT2D eigenvalue weighted by molar-refractivity contribution is 5.53. The third-order valence-electron chi connectivity index (χ3n) is 2.47. The Hall–Kier alpha value is -3.10. The largest absolute Gasteiger partial charge is 0.443 e. The number of benzene rings is 2. The van der Waals surface area contributed by atoms with E-state index in [-0.39, 0.29) is 0 Å². The summed E-state index contributed by atoms with van der Waals surface area (Å²) < 4.78 is 31.4. The maximum Gasteiger partial charge on any atom is 0.346 e. The Balaban J connectivity index is 2.51. The van der Waals surface area contributed by atoms with Crippen LogP contribution in [-0.4, -0.2) is 9.85 Å². The Kier molecular flexibility index (Phi) is 3.74. The van der Waals surface area contributed by atoms with Crippen molar-refractivity contribution in [3.63, 3.8) is 0 Å². The normalized spacial score (nSPS) is 10.2. The SMILES string of the molecule is O=[N+]([O-])c1cc(F)ccc1Oc1cccc(F)c1[N+](=O)[O-]. The number of nitrogens with zero attached hydrogens (tertiary/aromatic N) is 2. The van der Waals surface area contributed by atoms with Crippen LogP contribution in [0.4, 0.5) is 20.2 Å². The van der Waals surface area contributed by atoms with Gasteiger partial charge in [-0.2, -0.15) is 4.39 Å². The molecule has 0 saturated heterocycles. The van der Waals surface area contributed by atoms with E-state index in [1.165, 1.54) is 0 Å². The van der Waals surface area contributed by atoms with E-state index in [2.05, 4.69) is 0 Å². The van der Waals surface area contributed by atoms with Crippen LogP contribution in [-0.2, 0) is 0 Å². The third kappa shape index (κ3) is 2.91. The molecule has 2 aromatic carbocycles. The van der Waals surface area contributed by atoms with Gasteiger partial charge >= 0.3 is 11.4 Å². The number of nitro benzene ring substituents is 2. The van der Waals surface area contributed by atoms with Crippen molar-refractivity contribution in [3.05, 3.63) is 68.3 Å². The van der Waals surface area contributed by atoms with Gasteiger partial charge in [0.25, 0.3) is 0 Å². The van der Waals surface area contributed by atoms with Crippen molar-refractivity contribution < 1.29 is 23.4 Å². The van der Waals surface area contributed by atoms with Gasteiger partial charge in [0.1, 0.15) is 5.82 Å². The van der Waals surface area contributed by atoms with Crippen LogP contribution in [0.15, 0.2) is 36.4 Å². The lowest BCUT2D eigenvalue weighted by atomic mass is 10.2. The van der Waals surface area contributed by atoms with Gasteiger partial charge in [-0.1, -0.05) is 6.07 Å². The molecule has 0 saturated carbocycles. The van der Waals surface area contributed by atoms with Crippen molar-refractivity contribution >= 4 is 11.4 Å². The van der Waals surface area contributed by atoms with Crippen molar-refractivity contribution in [2.24, 2.45) is 0 Å². The molecule has 0 aliphatic carbocycles. The van der Waals surface area contributed by atoms with Crippen LogP contribution < -0.4 is 4.74 Å². The molecule has 0 radical (unpaired) electrons. The summed E-state index contributed by atoms with van der Waals surface area (Å²) in [5, 5.41) is 21.6. The van der Waals surface area contributed by atoms with E-state index in [0.717, 1.165) is 30.3 Å². The second kappa shape index (κ2) is 5.49. The zero-order chi connectivity index (χ0) is 15.6. The van der Waals surface area contributed by atoms with Gasteiger partial charge in [-0.15, -0.1) is 0 Å². The van der Waals surface area contributed by atoms with Crippen molar-refractivity contribution in [1.29, 1.82) is 0 Å². The van der Waals surface area contributed by atoms with E-state index >= 15 is 0 Å². The lowest BCUT2D eigenvalue weighted by Gasteiger charge is -2.07. The highest BCUT2D eigenvalue weighted by Crippen LogP contribution is 2.37. The lowest BCUT2D eigenvalue weighted by molar-refractivity contribution is -0.389. The van der Waals surface area contributed by atoms with Crippen molar-refractivity contribution in [3.8, 4) is 11.5 Å². The number of halogens is 2. The molecule has 0 aromatic heterocycles. The second-order valence-electron chi connectivity index (χ2n) is 3.81. The Labute approximate surface area is 115 Å². The van der Waals surface area contributed by atoms with E-state index in [9.17, 15) is 29.0 Å². The molecule has 0 amide bonds. The Morgan fingerprint density at radius 3 is 2.29 bits per heavy atom. The fraction of sp³-hybridized carbons (Fsp3) is 0. The first-order chi connectivity index (χ1) is 9.90. The summed E-state index contributed by atoms with van der Waals surface area (Å²) in [5.41, 5.74) is -1.69. The summed E-state index contributed by atoms with van der Waals surface area (Å²) in [4.78, 5) is 19.7. The summed E-state index contributed by atoms with van der Waals surface area (Å²) in [6.07, 6.45) is 0. The number of para-hydroxylation sites is 1. The number of hydrogen-bond donors (Lipinski definition) is 0. The maximum absolute atomic E-state index is 13.4. The van der Waals surface area contributed by atoms with E-state index in [1.807, 2.05) is 0 Å². The number of nitro groups is 2. The van der Waals surface area contributed by atoms with Crippen LogP contribution in [0.1, 0.15) is 0 Å². The molecule has 0 atom stereocenters. The number of rotatable bonds is 4. The van der Waals surface area contributed by atoms with Gasteiger partial charge in [-0.3, -0.25) is 20.2 Å². The quantitative estimate of drug-likeness (QED) is 0.634. The molecule has 0 heterocycles. The maximum atomic E-state index is 13.4. The molecule has 0 bridgehead atoms. The van der Waals surface area contributed by atoms with Crippen molar-refractivity contribution in [2.75, 3.05) is 0 Å². The highest BCUT2D eigenvalue weighted by atomic mass is 19.1. The lowest BCUT2D eigenvalue weighted by Crippen LogP contribution is -1.99. The fourth-order valence-electron chi connectivity index (χ4n) is 1.59. The zero-order valence-corrected chi connectivity index (χ0v) is 10.2. The van der Waals surface area contributed by atoms with Crippen LogP contribution in [0, 0.1) is 31.9 Å². The van der Waals surface area contributed by atoms with Crippen LogP contribution in [0.5, 0.6) is 11.5 Å². The summed E-state index contributed by atoms with van der Waals surface area (Å²) in [7, 11) is 0. The highest BCUT2D eigenvalue weighted by Gasteiger charge is 2.24. The van der Waals surface area contributed by atoms with Crippen molar-refractivity contribution in [1.82, 2.24) is 0 Å². The van der Waals surface area contributed by atoms with Gasteiger partial charge in [-0.25, -0.2) is 4.39 Å². The monoisotopic (exact) mass is 296 g/mol. The molecule has 2 aromatic rings. The van der Waals surface area contributed by atoms with E-state index in [1.54, 1.807) is 0 Å². The van der Waals surface area contributed by atoms with E-state index < -0.39 is 44.4 Å². The topological polar surface area (TPSA) is 95.5 Å². The molecule has 108 valence electrons.